The molecular formula is C22H25O2P2+. The van der Waals surface area contributed by atoms with Gasteiger partial charge in [0, 0.05) is 7.92 Å². The highest BCUT2D eigenvalue weighted by Crippen LogP contribution is 2.68. The summed E-state index contributed by atoms with van der Waals surface area (Å²) in [6.45, 7) is 4.59. The monoisotopic (exact) mass is 383 g/mol. The van der Waals surface area contributed by atoms with Crippen LogP contribution in [0.25, 0.3) is 0 Å². The van der Waals surface area contributed by atoms with Gasteiger partial charge in [-0.1, -0.05) is 78.9 Å². The van der Waals surface area contributed by atoms with Crippen LogP contribution in [0, 0.1) is 0 Å². The Morgan fingerprint density at radius 2 is 1.23 bits per heavy atom. The Hall–Kier alpha value is -1.56. The second-order valence-corrected chi connectivity index (χ2v) is 11.8. The van der Waals surface area contributed by atoms with Crippen LogP contribution in [0.2, 0.25) is 0 Å². The van der Waals surface area contributed by atoms with Gasteiger partial charge in [-0.3, -0.25) is 0 Å². The second-order valence-electron chi connectivity index (χ2n) is 6.05. The van der Waals surface area contributed by atoms with E-state index < -0.39 is 15.6 Å². The van der Waals surface area contributed by atoms with Crippen molar-refractivity contribution in [1.82, 2.24) is 0 Å². The smallest absolute Gasteiger partial charge is 0.214 e. The van der Waals surface area contributed by atoms with Crippen molar-refractivity contribution in [2.45, 2.75) is 19.2 Å². The molecule has 1 N–H and O–H groups in total. The van der Waals surface area contributed by atoms with Crippen LogP contribution in [0.5, 0.6) is 0 Å². The second kappa shape index (κ2) is 8.89. The van der Waals surface area contributed by atoms with Gasteiger partial charge in [-0.05, 0) is 36.6 Å². The molecule has 2 unspecified atom stereocenters. The molecule has 0 fully saturated rings. The van der Waals surface area contributed by atoms with Crippen LogP contribution in [0.15, 0.2) is 91.0 Å². The van der Waals surface area contributed by atoms with Gasteiger partial charge in [-0.15, -0.1) is 0 Å². The summed E-state index contributed by atoms with van der Waals surface area (Å²) in [7, 11) is -3.53. The molecule has 134 valence electrons. The van der Waals surface area contributed by atoms with E-state index in [1.165, 1.54) is 10.6 Å². The van der Waals surface area contributed by atoms with Crippen LogP contribution >= 0.6 is 15.6 Å². The zero-order valence-electron chi connectivity index (χ0n) is 15.2. The van der Waals surface area contributed by atoms with Crippen molar-refractivity contribution in [3.63, 3.8) is 0 Å². The van der Waals surface area contributed by atoms with E-state index >= 15 is 0 Å². The zero-order valence-corrected chi connectivity index (χ0v) is 17.0. The van der Waals surface area contributed by atoms with E-state index in [0.717, 1.165) is 5.30 Å². The Labute approximate surface area is 158 Å². The summed E-state index contributed by atoms with van der Waals surface area (Å²) in [4.78, 5) is 11.7. The summed E-state index contributed by atoms with van der Waals surface area (Å²) >= 11 is 0. The first-order valence-corrected chi connectivity index (χ1v) is 12.0. The minimum absolute atomic E-state index is 0.00958. The molecule has 3 aromatic carbocycles. The number of rotatable bonds is 7. The quantitative estimate of drug-likeness (QED) is 0.601. The Kier molecular flexibility index (Phi) is 6.57. The molecule has 0 heterocycles. The molecule has 2 nitrogen and oxygen atoms in total. The minimum atomic E-state index is -2.77. The standard InChI is InChI=1S/C22H25O2P2/c1-3-24-26(23,22-17-11-6-12-18-22)19(2)25(20-13-7-4-8-14-20)21-15-9-5-10-16-21/h4-19,23H,3H2,1-2H3/q+1. The van der Waals surface area contributed by atoms with Crippen molar-refractivity contribution < 1.29 is 9.42 Å². The average Bonchev–Trinajstić information content (AvgIpc) is 2.70. The Morgan fingerprint density at radius 3 is 1.65 bits per heavy atom. The molecule has 0 aliphatic heterocycles. The highest BCUT2D eigenvalue weighted by Gasteiger charge is 2.51. The summed E-state index contributed by atoms with van der Waals surface area (Å²) in [6.07, 6.45) is 0. The molecule has 2 atom stereocenters. The molecule has 0 spiro atoms. The van der Waals surface area contributed by atoms with Crippen LogP contribution in [-0.2, 0) is 4.52 Å². The third kappa shape index (κ3) is 4.05. The average molecular weight is 383 g/mol. The van der Waals surface area contributed by atoms with E-state index in [4.69, 9.17) is 4.52 Å². The van der Waals surface area contributed by atoms with Gasteiger partial charge in [-0.25, -0.2) is 9.42 Å². The van der Waals surface area contributed by atoms with E-state index in [0.29, 0.717) is 6.61 Å². The Morgan fingerprint density at radius 1 is 0.808 bits per heavy atom. The molecule has 4 heteroatoms. The number of hydrogen-bond acceptors (Lipinski definition) is 2. The summed E-state index contributed by atoms with van der Waals surface area (Å²) in [5.41, 5.74) is 0. The molecule has 0 aromatic heterocycles. The van der Waals surface area contributed by atoms with Crippen molar-refractivity contribution in [2.75, 3.05) is 6.61 Å². The fraction of sp³-hybridized carbons (Fsp3) is 0.182. The maximum absolute atomic E-state index is 11.7. The van der Waals surface area contributed by atoms with E-state index in [2.05, 4.69) is 55.5 Å². The molecular weight excluding hydrogens is 358 g/mol. The minimum Gasteiger partial charge on any atom is -0.214 e. The van der Waals surface area contributed by atoms with E-state index in [-0.39, 0.29) is 5.40 Å². The van der Waals surface area contributed by atoms with Crippen molar-refractivity contribution in [1.29, 1.82) is 0 Å². The van der Waals surface area contributed by atoms with Crippen LogP contribution in [0.1, 0.15) is 13.8 Å². The van der Waals surface area contributed by atoms with Gasteiger partial charge >= 0.3 is 7.72 Å². The third-order valence-electron chi connectivity index (χ3n) is 4.40. The largest absolute Gasteiger partial charge is 0.310 e. The lowest BCUT2D eigenvalue weighted by Crippen LogP contribution is -2.28. The summed E-state index contributed by atoms with van der Waals surface area (Å²) in [5.74, 6) is 0. The highest BCUT2D eigenvalue weighted by molar-refractivity contribution is 7.90. The summed E-state index contributed by atoms with van der Waals surface area (Å²) in [6, 6.07) is 30.9. The topological polar surface area (TPSA) is 29.5 Å². The van der Waals surface area contributed by atoms with E-state index in [1.54, 1.807) is 0 Å². The van der Waals surface area contributed by atoms with Gasteiger partial charge in [0.1, 0.15) is 0 Å². The van der Waals surface area contributed by atoms with E-state index in [1.807, 2.05) is 49.4 Å². The maximum atomic E-state index is 11.7. The third-order valence-corrected chi connectivity index (χ3v) is 11.2. The highest BCUT2D eigenvalue weighted by atomic mass is 31.2. The predicted octanol–water partition coefficient (Wildman–Crippen LogP) is 4.67. The van der Waals surface area contributed by atoms with Gasteiger partial charge < -0.3 is 0 Å². The molecule has 0 aliphatic carbocycles. The lowest BCUT2D eigenvalue weighted by molar-refractivity contribution is 0.316. The molecule has 0 aliphatic rings. The van der Waals surface area contributed by atoms with Gasteiger partial charge in [0.2, 0.25) is 0 Å². The number of benzene rings is 3. The molecule has 0 bridgehead atoms. The van der Waals surface area contributed by atoms with Crippen molar-refractivity contribution in [2.24, 2.45) is 0 Å². The van der Waals surface area contributed by atoms with Crippen LogP contribution in [0.3, 0.4) is 0 Å². The first kappa shape index (κ1) is 19.2. The van der Waals surface area contributed by atoms with Gasteiger partial charge in [0.25, 0.3) is 0 Å². The summed E-state index contributed by atoms with van der Waals surface area (Å²) < 4.78 is 6.08. The lowest BCUT2D eigenvalue weighted by Gasteiger charge is -2.31. The van der Waals surface area contributed by atoms with Crippen LogP contribution in [-0.4, -0.2) is 16.9 Å². The maximum Gasteiger partial charge on any atom is 0.310 e. The molecule has 0 saturated heterocycles. The molecule has 0 saturated carbocycles. The zero-order chi connectivity index (χ0) is 18.4. The van der Waals surface area contributed by atoms with Gasteiger partial charge in [-0.2, -0.15) is 0 Å². The normalized spacial score (nSPS) is 14.8. The van der Waals surface area contributed by atoms with Crippen LogP contribution in [0.4, 0.5) is 0 Å². The molecule has 0 radical (unpaired) electrons. The lowest BCUT2D eigenvalue weighted by atomic mass is 10.4. The SMILES string of the molecule is CCO[P+](O)(c1ccccc1)C(C)P(c1ccccc1)c1ccccc1. The molecule has 0 amide bonds. The first-order chi connectivity index (χ1) is 12.7. The molecule has 26 heavy (non-hydrogen) atoms. The number of hydrogen-bond donors (Lipinski definition) is 1. The molecule has 3 rings (SSSR count). The van der Waals surface area contributed by atoms with Crippen molar-refractivity contribution in [3.05, 3.63) is 91.0 Å². The summed E-state index contributed by atoms with van der Waals surface area (Å²) in [5, 5.41) is 3.42. The van der Waals surface area contributed by atoms with Crippen molar-refractivity contribution in [3.8, 4) is 0 Å². The van der Waals surface area contributed by atoms with Gasteiger partial charge in [0.05, 0.1) is 6.61 Å². The predicted molar refractivity (Wildman–Crippen MR) is 115 cm³/mol. The van der Waals surface area contributed by atoms with E-state index in [9.17, 15) is 4.89 Å². The Balaban J connectivity index is 2.10. The molecule has 3 aromatic rings. The fourth-order valence-corrected chi connectivity index (χ4v) is 9.74. The first-order valence-electron chi connectivity index (χ1n) is 8.87. The van der Waals surface area contributed by atoms with Gasteiger partial charge in [0.15, 0.2) is 10.7 Å². The Bertz CT molecular complexity index is 757. The van der Waals surface area contributed by atoms with Crippen molar-refractivity contribution >= 4 is 31.6 Å². The fourth-order valence-electron chi connectivity index (χ4n) is 3.15. The van der Waals surface area contributed by atoms with Crippen LogP contribution < -0.4 is 15.9 Å².